The molecule has 0 aromatic carbocycles. The maximum atomic E-state index is 11.2. The molecule has 4 N–H and O–H groups in total. The lowest BCUT2D eigenvalue weighted by atomic mass is 10.0. The summed E-state index contributed by atoms with van der Waals surface area (Å²) in [5.41, 5.74) is 8.46. The van der Waals surface area contributed by atoms with Crippen LogP contribution in [0, 0.1) is 13.8 Å². The van der Waals surface area contributed by atoms with Crippen molar-refractivity contribution in [1.29, 1.82) is 0 Å². The number of carbonyl (C=O) groups is 1. The van der Waals surface area contributed by atoms with Gasteiger partial charge in [-0.15, -0.1) is 0 Å². The number of hydrogen-bond donors (Lipinski definition) is 3. The Bertz CT molecular complexity index is 921. The van der Waals surface area contributed by atoms with Crippen molar-refractivity contribution in [2.75, 3.05) is 24.3 Å². The summed E-state index contributed by atoms with van der Waals surface area (Å²) in [6.45, 7) is 4.33. The molecule has 2 aromatic heterocycles. The van der Waals surface area contributed by atoms with Crippen LogP contribution < -0.4 is 20.1 Å². The maximum Gasteiger partial charge on any atom is 0.304 e. The third-order valence-corrected chi connectivity index (χ3v) is 5.02. The molecule has 9 nitrogen and oxygen atoms in total. The molecule has 10 heteroatoms. The average Bonchev–Trinajstić information content (AvgIpc) is 2.88. The van der Waals surface area contributed by atoms with Crippen LogP contribution in [0.5, 0.6) is 5.75 Å². The number of pyridine rings is 1. The van der Waals surface area contributed by atoms with Gasteiger partial charge < -0.3 is 20.5 Å². The number of methoxy groups -OCH3 is 1. The molecule has 0 amide bonds. The van der Waals surface area contributed by atoms with E-state index in [1.165, 1.54) is 0 Å². The van der Waals surface area contributed by atoms with Crippen LogP contribution in [0.15, 0.2) is 6.20 Å². The number of rotatable bonds is 5. The Balaban J connectivity index is 2.04. The molecular weight excluding hydrogens is 374 g/mol. The van der Waals surface area contributed by atoms with E-state index in [4.69, 9.17) is 22.1 Å². The lowest BCUT2D eigenvalue weighted by Crippen LogP contribution is -2.40. The first-order chi connectivity index (χ1) is 12.7. The van der Waals surface area contributed by atoms with Crippen LogP contribution in [0.2, 0.25) is 5.15 Å². The first kappa shape index (κ1) is 19.0. The number of ether oxygens (including phenoxy) is 1. The minimum atomic E-state index is -0.939. The Morgan fingerprint density at radius 2 is 2.19 bits per heavy atom. The average molecular weight is 395 g/mol. The summed E-state index contributed by atoms with van der Waals surface area (Å²) < 4.78 is 6.48. The van der Waals surface area contributed by atoms with E-state index in [2.05, 4.69) is 9.97 Å². The fourth-order valence-electron chi connectivity index (χ4n) is 3.60. The number of aryl methyl sites for hydroxylation is 1. The van der Waals surface area contributed by atoms with Gasteiger partial charge in [0.05, 0.1) is 24.7 Å². The van der Waals surface area contributed by atoms with Crippen LogP contribution in [0.3, 0.4) is 0 Å². The van der Waals surface area contributed by atoms with Crippen molar-refractivity contribution in [1.82, 2.24) is 9.97 Å². The zero-order chi connectivity index (χ0) is 19.9. The van der Waals surface area contributed by atoms with Gasteiger partial charge >= 0.3 is 5.97 Å². The van der Waals surface area contributed by atoms with Gasteiger partial charge in [0.25, 0.3) is 5.69 Å². The number of nitrogens with two attached hydrogens (primary N) is 1. The number of carboxylic acids is 1. The fraction of sp³-hybridized carbons (Fsp3) is 0.412. The van der Waals surface area contributed by atoms with Crippen molar-refractivity contribution >= 4 is 29.3 Å². The minimum absolute atomic E-state index is 0.00908. The number of halogens is 1. The van der Waals surface area contributed by atoms with E-state index >= 15 is 0 Å². The van der Waals surface area contributed by atoms with E-state index in [1.54, 1.807) is 13.3 Å². The van der Waals surface area contributed by atoms with Gasteiger partial charge in [-0.1, -0.05) is 11.6 Å². The highest BCUT2D eigenvalue weighted by Gasteiger charge is 2.37. The highest BCUT2D eigenvalue weighted by atomic mass is 35.5. The monoisotopic (exact) mass is 394 g/mol. The number of nitrogens with zero attached hydrogens (tertiary/aromatic N) is 4. The molecule has 1 aliphatic heterocycles. The summed E-state index contributed by atoms with van der Waals surface area (Å²) in [5, 5.41) is 19.8. The highest BCUT2D eigenvalue weighted by molar-refractivity contribution is 6.30. The highest BCUT2D eigenvalue weighted by Crippen LogP contribution is 2.41. The Labute approximate surface area is 160 Å². The molecule has 0 saturated heterocycles. The molecule has 3 rings (SSSR count). The number of anilines is 2. The molecular formula is C17H21ClN5O4+. The number of carboxylic acid groups (broad SMARTS) is 1. The summed E-state index contributed by atoms with van der Waals surface area (Å²) in [4.78, 5) is 21.3. The first-order valence-corrected chi connectivity index (χ1v) is 8.68. The molecule has 0 saturated carbocycles. The van der Waals surface area contributed by atoms with Crippen molar-refractivity contribution in [2.45, 2.75) is 32.7 Å². The second kappa shape index (κ2) is 7.07. The van der Waals surface area contributed by atoms with Gasteiger partial charge in [-0.2, -0.15) is 4.98 Å². The van der Waals surface area contributed by atoms with Crippen molar-refractivity contribution in [2.24, 2.45) is 0 Å². The molecule has 0 aliphatic carbocycles. The molecule has 144 valence electrons. The number of hydrogen-bond acceptors (Lipinski definition) is 7. The van der Waals surface area contributed by atoms with Crippen LogP contribution in [0.1, 0.15) is 34.7 Å². The van der Waals surface area contributed by atoms with E-state index in [-0.39, 0.29) is 30.0 Å². The van der Waals surface area contributed by atoms with E-state index in [1.807, 2.05) is 18.7 Å². The summed E-state index contributed by atoms with van der Waals surface area (Å²) in [6, 6.07) is 0. The molecule has 1 atom stereocenters. The molecule has 0 spiro atoms. The van der Waals surface area contributed by atoms with Crippen molar-refractivity contribution in [3.05, 3.63) is 33.7 Å². The van der Waals surface area contributed by atoms with Crippen LogP contribution in [0.4, 0.5) is 11.8 Å². The van der Waals surface area contributed by atoms with Crippen LogP contribution in [-0.4, -0.2) is 39.9 Å². The molecule has 2 aromatic rings. The normalized spacial score (nSPS) is 15.7. The first-order valence-electron chi connectivity index (χ1n) is 8.30. The van der Waals surface area contributed by atoms with Gasteiger partial charge in [0, 0.05) is 22.8 Å². The van der Waals surface area contributed by atoms with E-state index in [0.717, 1.165) is 15.9 Å². The van der Waals surface area contributed by atoms with Gasteiger partial charge in [-0.25, -0.2) is 4.98 Å². The largest absolute Gasteiger partial charge is 0.496 e. The quantitative estimate of drug-likeness (QED) is 0.395. The number of aromatic nitrogens is 3. The van der Waals surface area contributed by atoms with Gasteiger partial charge in [-0.05, 0) is 13.8 Å². The van der Waals surface area contributed by atoms with Gasteiger partial charge in [-0.3, -0.25) is 10.0 Å². The van der Waals surface area contributed by atoms with E-state index in [9.17, 15) is 15.1 Å². The second-order valence-corrected chi connectivity index (χ2v) is 6.90. The summed E-state index contributed by atoms with van der Waals surface area (Å²) in [5.74, 6) is -0.138. The molecule has 0 radical (unpaired) electrons. The van der Waals surface area contributed by atoms with Gasteiger partial charge in [0.2, 0.25) is 12.1 Å². The summed E-state index contributed by atoms with van der Waals surface area (Å²) in [7, 11) is 1.57. The third kappa shape index (κ3) is 3.42. The molecule has 1 aliphatic rings. The van der Waals surface area contributed by atoms with Crippen molar-refractivity contribution in [3.63, 3.8) is 0 Å². The lowest BCUT2D eigenvalue weighted by Gasteiger charge is -2.18. The summed E-state index contributed by atoms with van der Waals surface area (Å²) >= 11 is 6.23. The van der Waals surface area contributed by atoms with E-state index in [0.29, 0.717) is 29.4 Å². The van der Waals surface area contributed by atoms with Crippen LogP contribution >= 0.6 is 11.6 Å². The minimum Gasteiger partial charge on any atom is -0.496 e. The predicted octanol–water partition coefficient (Wildman–Crippen LogP) is 1.44. The molecule has 0 fully saturated rings. The fourth-order valence-corrected chi connectivity index (χ4v) is 3.93. The molecule has 27 heavy (non-hydrogen) atoms. The topological polar surface area (TPSA) is 126 Å². The standard InChI is InChI=1S/C17H20ClN5O4/c1-8-5-23(26)11(9(2)14(8)27-3)7-22-6-10(4-12(24)25)13-15(18)20-17(19)21-16(13)22/h5,10H,4,6-7H2,1-3H3,(H3-,19,20,21,24,25,26)/p+1. The predicted molar refractivity (Wildman–Crippen MR) is 97.3 cm³/mol. The van der Waals surface area contributed by atoms with Gasteiger partial charge in [0.15, 0.2) is 0 Å². The second-order valence-electron chi connectivity index (χ2n) is 6.55. The Kier molecular flexibility index (Phi) is 4.97. The smallest absolute Gasteiger partial charge is 0.304 e. The lowest BCUT2D eigenvalue weighted by molar-refractivity contribution is -0.910. The van der Waals surface area contributed by atoms with E-state index < -0.39 is 5.97 Å². The number of aliphatic carboxylic acids is 1. The number of nitrogen functional groups attached to an aromatic ring is 1. The maximum absolute atomic E-state index is 11.2. The van der Waals surface area contributed by atoms with Crippen LogP contribution in [0.25, 0.3) is 0 Å². The zero-order valence-electron chi connectivity index (χ0n) is 15.2. The van der Waals surface area contributed by atoms with Crippen LogP contribution in [-0.2, 0) is 11.3 Å². The van der Waals surface area contributed by atoms with Crippen molar-refractivity contribution < 1.29 is 24.6 Å². The Hall–Kier alpha value is -2.81. The Morgan fingerprint density at radius 3 is 2.81 bits per heavy atom. The van der Waals surface area contributed by atoms with Crippen molar-refractivity contribution in [3.8, 4) is 5.75 Å². The molecule has 1 unspecified atom stereocenters. The summed E-state index contributed by atoms with van der Waals surface area (Å²) in [6.07, 6.45) is 1.46. The molecule has 3 heterocycles. The zero-order valence-corrected chi connectivity index (χ0v) is 16.0. The van der Waals surface area contributed by atoms with Gasteiger partial charge in [0.1, 0.15) is 23.3 Å². The number of fused-ring (bicyclic) bond motifs is 1. The third-order valence-electron chi connectivity index (χ3n) is 4.73. The SMILES string of the molecule is COc1c(C)c[n+](O)c(CN2CC(CC(=O)O)c3c(Cl)nc(N)nc32)c1C. The Morgan fingerprint density at radius 1 is 1.48 bits per heavy atom. The molecule has 0 bridgehead atoms.